The summed E-state index contributed by atoms with van der Waals surface area (Å²) in [6.45, 7) is 7.09. The molecule has 106 valence electrons. The monoisotopic (exact) mass is 347 g/mol. The molecule has 0 aromatic heterocycles. The third-order valence-corrected chi connectivity index (χ3v) is 3.74. The Morgan fingerprint density at radius 2 is 2.16 bits per heavy atom. The van der Waals surface area contributed by atoms with E-state index in [9.17, 15) is 4.79 Å². The van der Waals surface area contributed by atoms with E-state index in [1.54, 1.807) is 13.0 Å². The molecule has 0 saturated carbocycles. The van der Waals surface area contributed by atoms with Gasteiger partial charge in [0.05, 0.1) is 11.6 Å². The van der Waals surface area contributed by atoms with Crippen molar-refractivity contribution in [2.75, 3.05) is 13.2 Å². The number of halogens is 2. The summed E-state index contributed by atoms with van der Waals surface area (Å²) in [6, 6.07) is 4.99. The van der Waals surface area contributed by atoms with Crippen molar-refractivity contribution in [2.45, 2.75) is 26.8 Å². The van der Waals surface area contributed by atoms with Crippen LogP contribution in [0.25, 0.3) is 0 Å². The molecular formula is C14H19BrClNO2. The molecule has 1 rings (SSSR count). The molecule has 0 fully saturated rings. The lowest BCUT2D eigenvalue weighted by atomic mass is 10.1. The molecular weight excluding hydrogens is 330 g/mol. The third kappa shape index (κ3) is 5.13. The van der Waals surface area contributed by atoms with Crippen LogP contribution in [0.15, 0.2) is 22.7 Å². The maximum absolute atomic E-state index is 12.0. The van der Waals surface area contributed by atoms with Crippen LogP contribution in [0.2, 0.25) is 5.02 Å². The minimum absolute atomic E-state index is 0.266. The molecule has 0 bridgehead atoms. The minimum Gasteiger partial charge on any atom is -0.465 e. The van der Waals surface area contributed by atoms with Crippen LogP contribution in [0, 0.1) is 5.92 Å². The summed E-state index contributed by atoms with van der Waals surface area (Å²) >= 11 is 9.34. The lowest BCUT2D eigenvalue weighted by Crippen LogP contribution is -2.32. The first-order valence-corrected chi connectivity index (χ1v) is 7.47. The topological polar surface area (TPSA) is 38.3 Å². The number of ether oxygens (including phenoxy) is 1. The Labute approximate surface area is 127 Å². The van der Waals surface area contributed by atoms with Crippen molar-refractivity contribution in [2.24, 2.45) is 5.92 Å². The van der Waals surface area contributed by atoms with Gasteiger partial charge in [-0.3, -0.25) is 0 Å². The highest BCUT2D eigenvalue weighted by Crippen LogP contribution is 2.26. The number of carbonyl (C=O) groups is 1. The smallest absolute Gasteiger partial charge is 0.327 e. The van der Waals surface area contributed by atoms with Gasteiger partial charge in [-0.25, -0.2) is 4.79 Å². The second-order valence-corrected chi connectivity index (χ2v) is 5.92. The minimum atomic E-state index is -0.462. The Morgan fingerprint density at radius 1 is 1.47 bits per heavy atom. The first kappa shape index (κ1) is 16.5. The van der Waals surface area contributed by atoms with Gasteiger partial charge in [0.1, 0.15) is 6.04 Å². The molecule has 1 aromatic rings. The van der Waals surface area contributed by atoms with Crippen molar-refractivity contribution in [3.8, 4) is 0 Å². The standard InChI is InChI=1S/C14H19BrClNO2/c1-4-19-14(18)13(17-8-9(2)3)10-5-6-12(16)11(15)7-10/h5-7,9,13,17H,4,8H2,1-3H3. The van der Waals surface area contributed by atoms with Gasteiger partial charge in [-0.15, -0.1) is 0 Å². The Bertz CT molecular complexity index is 437. The zero-order valence-corrected chi connectivity index (χ0v) is 13.7. The second-order valence-electron chi connectivity index (χ2n) is 4.66. The summed E-state index contributed by atoms with van der Waals surface area (Å²) in [4.78, 5) is 12.0. The molecule has 3 nitrogen and oxygen atoms in total. The quantitative estimate of drug-likeness (QED) is 0.791. The van der Waals surface area contributed by atoms with Gasteiger partial charge in [0.25, 0.3) is 0 Å². The normalized spacial score (nSPS) is 12.5. The molecule has 0 aliphatic rings. The van der Waals surface area contributed by atoms with Crippen LogP contribution in [0.1, 0.15) is 32.4 Å². The average Bonchev–Trinajstić information content (AvgIpc) is 2.33. The van der Waals surface area contributed by atoms with Crippen LogP contribution in [0.5, 0.6) is 0 Å². The van der Waals surface area contributed by atoms with Crippen LogP contribution in [0.4, 0.5) is 0 Å². The molecule has 5 heteroatoms. The number of benzene rings is 1. The van der Waals surface area contributed by atoms with E-state index in [1.807, 2.05) is 12.1 Å². The largest absolute Gasteiger partial charge is 0.465 e. The van der Waals surface area contributed by atoms with Crippen molar-refractivity contribution in [3.05, 3.63) is 33.3 Å². The van der Waals surface area contributed by atoms with Crippen molar-refractivity contribution >= 4 is 33.5 Å². The number of carbonyl (C=O) groups excluding carboxylic acids is 1. The van der Waals surface area contributed by atoms with E-state index in [0.29, 0.717) is 17.5 Å². The van der Waals surface area contributed by atoms with Gasteiger partial charge in [0.2, 0.25) is 0 Å². The number of hydrogen-bond acceptors (Lipinski definition) is 3. The van der Waals surface area contributed by atoms with Gasteiger partial charge in [0, 0.05) is 4.47 Å². The average molecular weight is 349 g/mol. The molecule has 0 heterocycles. The first-order chi connectivity index (χ1) is 8.95. The highest BCUT2D eigenvalue weighted by atomic mass is 79.9. The molecule has 0 radical (unpaired) electrons. The summed E-state index contributed by atoms with van der Waals surface area (Å²) in [6.07, 6.45) is 0. The summed E-state index contributed by atoms with van der Waals surface area (Å²) in [5.74, 6) is 0.185. The maximum atomic E-state index is 12.0. The number of rotatable bonds is 6. The van der Waals surface area contributed by atoms with Gasteiger partial charge < -0.3 is 10.1 Å². The summed E-state index contributed by atoms with van der Waals surface area (Å²) in [5.41, 5.74) is 0.843. The van der Waals surface area contributed by atoms with Crippen LogP contribution in [-0.4, -0.2) is 19.1 Å². The van der Waals surface area contributed by atoms with E-state index in [2.05, 4.69) is 35.1 Å². The lowest BCUT2D eigenvalue weighted by molar-refractivity contribution is -0.145. The molecule has 1 N–H and O–H groups in total. The zero-order valence-electron chi connectivity index (χ0n) is 11.4. The molecule has 0 amide bonds. The van der Waals surface area contributed by atoms with Crippen LogP contribution in [-0.2, 0) is 9.53 Å². The fourth-order valence-electron chi connectivity index (χ4n) is 1.61. The van der Waals surface area contributed by atoms with Crippen LogP contribution >= 0.6 is 27.5 Å². The molecule has 1 atom stereocenters. The van der Waals surface area contributed by atoms with Gasteiger partial charge >= 0.3 is 5.97 Å². The SMILES string of the molecule is CCOC(=O)C(NCC(C)C)c1ccc(Cl)c(Br)c1. The van der Waals surface area contributed by atoms with Crippen LogP contribution < -0.4 is 5.32 Å². The summed E-state index contributed by atoms with van der Waals surface area (Å²) < 4.78 is 5.88. The fourth-order valence-corrected chi connectivity index (χ4v) is 2.12. The molecule has 1 aromatic carbocycles. The van der Waals surface area contributed by atoms with Crippen LogP contribution in [0.3, 0.4) is 0 Å². The van der Waals surface area contributed by atoms with Crippen molar-refractivity contribution in [3.63, 3.8) is 0 Å². The molecule has 0 spiro atoms. The lowest BCUT2D eigenvalue weighted by Gasteiger charge is -2.19. The van der Waals surface area contributed by atoms with Crippen molar-refractivity contribution in [1.29, 1.82) is 0 Å². The van der Waals surface area contributed by atoms with Crippen molar-refractivity contribution in [1.82, 2.24) is 5.32 Å². The zero-order chi connectivity index (χ0) is 14.4. The van der Waals surface area contributed by atoms with Gasteiger partial charge in [-0.1, -0.05) is 31.5 Å². The maximum Gasteiger partial charge on any atom is 0.327 e. The van der Waals surface area contributed by atoms with Crippen molar-refractivity contribution < 1.29 is 9.53 Å². The Hall–Kier alpha value is -0.580. The van der Waals surface area contributed by atoms with Gasteiger partial charge in [-0.05, 0) is 53.0 Å². The molecule has 19 heavy (non-hydrogen) atoms. The van der Waals surface area contributed by atoms with E-state index in [4.69, 9.17) is 16.3 Å². The Kier molecular flexibility index (Phi) is 6.83. The highest BCUT2D eigenvalue weighted by molar-refractivity contribution is 9.10. The second kappa shape index (κ2) is 7.88. The highest BCUT2D eigenvalue weighted by Gasteiger charge is 2.22. The third-order valence-electron chi connectivity index (χ3n) is 2.53. The van der Waals surface area contributed by atoms with E-state index >= 15 is 0 Å². The Balaban J connectivity index is 2.93. The summed E-state index contributed by atoms with van der Waals surface area (Å²) in [5, 5.41) is 3.85. The predicted molar refractivity (Wildman–Crippen MR) is 81.4 cm³/mol. The number of esters is 1. The molecule has 0 aliphatic heterocycles. The molecule has 1 unspecified atom stereocenters. The van der Waals surface area contributed by atoms with Gasteiger partial charge in [0.15, 0.2) is 0 Å². The van der Waals surface area contributed by atoms with Gasteiger partial charge in [-0.2, -0.15) is 0 Å². The number of nitrogens with one attached hydrogen (secondary N) is 1. The molecule has 0 saturated heterocycles. The van der Waals surface area contributed by atoms with E-state index in [1.165, 1.54) is 0 Å². The van der Waals surface area contributed by atoms with E-state index in [-0.39, 0.29) is 5.97 Å². The van der Waals surface area contributed by atoms with E-state index in [0.717, 1.165) is 16.6 Å². The molecule has 0 aliphatic carbocycles. The predicted octanol–water partition coefficient (Wildman–Crippen LogP) is 3.95. The number of hydrogen-bond donors (Lipinski definition) is 1. The van der Waals surface area contributed by atoms with E-state index < -0.39 is 6.04 Å². The first-order valence-electron chi connectivity index (χ1n) is 6.30. The fraction of sp³-hybridized carbons (Fsp3) is 0.500. The summed E-state index contributed by atoms with van der Waals surface area (Å²) in [7, 11) is 0. The Morgan fingerprint density at radius 3 is 2.68 bits per heavy atom.